The van der Waals surface area contributed by atoms with Crippen molar-refractivity contribution in [1.29, 1.82) is 0 Å². The lowest BCUT2D eigenvalue weighted by atomic mass is 10.1. The van der Waals surface area contributed by atoms with Gasteiger partial charge in [-0.1, -0.05) is 66.4 Å². The third-order valence-electron chi connectivity index (χ3n) is 3.95. The summed E-state index contributed by atoms with van der Waals surface area (Å²) in [4.78, 5) is 36.8. The Labute approximate surface area is 175 Å². The summed E-state index contributed by atoms with van der Waals surface area (Å²) in [6.07, 6.45) is 1.57. The molecular weight excluding hydrogens is 414 g/mol. The van der Waals surface area contributed by atoms with Gasteiger partial charge in [0, 0.05) is 0 Å². The average Bonchev–Trinajstić information content (AvgIpc) is 2.95. The first kappa shape index (κ1) is 20.6. The van der Waals surface area contributed by atoms with Gasteiger partial charge in [0.15, 0.2) is 12.6 Å². The van der Waals surface area contributed by atoms with Gasteiger partial charge in [0.05, 0.1) is 4.91 Å². The van der Waals surface area contributed by atoms with Crippen LogP contribution < -0.4 is 4.74 Å². The van der Waals surface area contributed by atoms with Gasteiger partial charge in [-0.15, -0.1) is 0 Å². The van der Waals surface area contributed by atoms with E-state index in [1.165, 1.54) is 0 Å². The molecule has 1 aliphatic heterocycles. The first-order valence-electron chi connectivity index (χ1n) is 8.36. The minimum Gasteiger partial charge on any atom is -0.482 e. The van der Waals surface area contributed by atoms with Gasteiger partial charge < -0.3 is 14.9 Å². The second-order valence-corrected chi connectivity index (χ2v) is 7.63. The van der Waals surface area contributed by atoms with Gasteiger partial charge >= 0.3 is 11.9 Å². The van der Waals surface area contributed by atoms with E-state index in [4.69, 9.17) is 22.1 Å². The summed E-state index contributed by atoms with van der Waals surface area (Å²) in [5.74, 6) is -2.45. The zero-order valence-electron chi connectivity index (χ0n) is 14.8. The van der Waals surface area contributed by atoms with E-state index in [2.05, 4.69) is 0 Å². The summed E-state index contributed by atoms with van der Waals surface area (Å²) in [7, 11) is 0. The van der Waals surface area contributed by atoms with Gasteiger partial charge in [-0.05, 0) is 29.3 Å². The topological polar surface area (TPSA) is 104 Å². The van der Waals surface area contributed by atoms with Crippen molar-refractivity contribution >= 4 is 52.2 Å². The highest BCUT2D eigenvalue weighted by molar-refractivity contribution is 8.26. The highest BCUT2D eigenvalue weighted by Gasteiger charge is 2.41. The summed E-state index contributed by atoms with van der Waals surface area (Å²) in [6, 6.07) is 13.7. The Bertz CT molecular complexity index is 1010. The van der Waals surface area contributed by atoms with Crippen LogP contribution in [0.4, 0.5) is 0 Å². The summed E-state index contributed by atoms with van der Waals surface area (Å²) < 4.78 is 5.28. The molecule has 7 nitrogen and oxygen atoms in total. The molecule has 1 heterocycles. The fourth-order valence-electron chi connectivity index (χ4n) is 2.73. The van der Waals surface area contributed by atoms with E-state index in [0.29, 0.717) is 16.9 Å². The summed E-state index contributed by atoms with van der Waals surface area (Å²) in [5.41, 5.74) is 1.04. The number of carbonyl (C=O) groups is 3. The van der Waals surface area contributed by atoms with E-state index in [9.17, 15) is 19.5 Å². The van der Waals surface area contributed by atoms with Crippen molar-refractivity contribution in [2.24, 2.45) is 0 Å². The molecule has 1 fully saturated rings. The van der Waals surface area contributed by atoms with Gasteiger partial charge in [-0.25, -0.2) is 9.59 Å². The standard InChI is InChI=1S/C20H15NO6S2/c22-16(23)11-27-14-8-4-5-12(9-14)10-15-18(24)21(20(28)29-15)17(19(25)26)13-6-2-1-3-7-13/h1-10,17H,11H2,(H,22,23)(H,25,26)/b15-10-. The van der Waals surface area contributed by atoms with Crippen LogP contribution in [0.3, 0.4) is 0 Å². The Balaban J connectivity index is 1.87. The molecular formula is C20H15NO6S2. The van der Waals surface area contributed by atoms with Gasteiger partial charge in [0.25, 0.3) is 5.91 Å². The number of carbonyl (C=O) groups excluding carboxylic acids is 1. The van der Waals surface area contributed by atoms with Crippen molar-refractivity contribution in [2.75, 3.05) is 6.61 Å². The maximum absolute atomic E-state index is 12.9. The number of benzene rings is 2. The van der Waals surface area contributed by atoms with Crippen LogP contribution in [0.2, 0.25) is 0 Å². The van der Waals surface area contributed by atoms with Crippen molar-refractivity contribution in [3.05, 3.63) is 70.6 Å². The number of thioether (sulfide) groups is 1. The van der Waals surface area contributed by atoms with Crippen molar-refractivity contribution in [3.63, 3.8) is 0 Å². The van der Waals surface area contributed by atoms with E-state index in [1.54, 1.807) is 60.7 Å². The third kappa shape index (κ3) is 4.82. The van der Waals surface area contributed by atoms with Crippen molar-refractivity contribution in [2.45, 2.75) is 6.04 Å². The summed E-state index contributed by atoms with van der Waals surface area (Å²) in [6.45, 7) is -0.483. The second kappa shape index (κ2) is 8.89. The lowest BCUT2D eigenvalue weighted by Gasteiger charge is -2.23. The number of hydrogen-bond donors (Lipinski definition) is 2. The van der Waals surface area contributed by atoms with Gasteiger partial charge in [0.2, 0.25) is 0 Å². The lowest BCUT2D eigenvalue weighted by molar-refractivity contribution is -0.145. The number of amides is 1. The normalized spacial score (nSPS) is 16.1. The molecule has 0 saturated carbocycles. The molecule has 0 spiro atoms. The number of aliphatic carboxylic acids is 2. The number of hydrogen-bond acceptors (Lipinski definition) is 6. The maximum Gasteiger partial charge on any atom is 0.341 e. The largest absolute Gasteiger partial charge is 0.482 e. The molecule has 1 atom stereocenters. The van der Waals surface area contributed by atoms with E-state index in [1.807, 2.05) is 0 Å². The van der Waals surface area contributed by atoms with Crippen LogP contribution in [0.1, 0.15) is 17.2 Å². The van der Waals surface area contributed by atoms with Crippen molar-refractivity contribution < 1.29 is 29.3 Å². The molecule has 3 rings (SSSR count). The predicted octanol–water partition coefficient (Wildman–Crippen LogP) is 3.18. The van der Waals surface area contributed by atoms with Crippen LogP contribution in [0, 0.1) is 0 Å². The van der Waals surface area contributed by atoms with Crippen molar-refractivity contribution in [3.8, 4) is 5.75 Å². The Kier molecular flexibility index (Phi) is 6.30. The van der Waals surface area contributed by atoms with Crippen LogP contribution in [-0.2, 0) is 14.4 Å². The van der Waals surface area contributed by atoms with Crippen LogP contribution in [0.25, 0.3) is 6.08 Å². The quantitative estimate of drug-likeness (QED) is 0.511. The van der Waals surface area contributed by atoms with Gasteiger partial charge in [-0.2, -0.15) is 0 Å². The SMILES string of the molecule is O=C(O)COc1cccc(/C=C2\SC(=S)N(C(C(=O)O)c3ccccc3)C2=O)c1. The predicted molar refractivity (Wildman–Crippen MR) is 111 cm³/mol. The molecule has 148 valence electrons. The van der Waals surface area contributed by atoms with Crippen LogP contribution in [-0.4, -0.2) is 43.9 Å². The summed E-state index contributed by atoms with van der Waals surface area (Å²) in [5, 5.41) is 18.4. The highest BCUT2D eigenvalue weighted by Crippen LogP contribution is 2.38. The Morgan fingerprint density at radius 1 is 1.14 bits per heavy atom. The molecule has 0 aromatic heterocycles. The molecule has 0 radical (unpaired) electrons. The molecule has 1 aliphatic rings. The van der Waals surface area contributed by atoms with Gasteiger partial charge in [0.1, 0.15) is 10.1 Å². The third-order valence-corrected chi connectivity index (χ3v) is 5.28. The van der Waals surface area contributed by atoms with E-state index in [-0.39, 0.29) is 9.23 Å². The van der Waals surface area contributed by atoms with Crippen molar-refractivity contribution in [1.82, 2.24) is 4.90 Å². The number of rotatable bonds is 7. The monoisotopic (exact) mass is 429 g/mol. The molecule has 0 aliphatic carbocycles. The molecule has 1 unspecified atom stereocenters. The fraction of sp³-hybridized carbons (Fsp3) is 0.100. The van der Waals surface area contributed by atoms with E-state index >= 15 is 0 Å². The van der Waals surface area contributed by atoms with Crippen LogP contribution in [0.15, 0.2) is 59.5 Å². The first-order valence-corrected chi connectivity index (χ1v) is 9.59. The number of nitrogens with zero attached hydrogens (tertiary/aromatic N) is 1. The Hall–Kier alpha value is -3.17. The highest BCUT2D eigenvalue weighted by atomic mass is 32.2. The van der Waals surface area contributed by atoms with E-state index < -0.39 is 30.5 Å². The fourth-order valence-corrected chi connectivity index (χ4v) is 4.04. The smallest absolute Gasteiger partial charge is 0.341 e. The molecule has 29 heavy (non-hydrogen) atoms. The first-order chi connectivity index (χ1) is 13.9. The Morgan fingerprint density at radius 2 is 1.86 bits per heavy atom. The minimum absolute atomic E-state index is 0.149. The number of thiocarbonyl (C=S) groups is 1. The zero-order valence-corrected chi connectivity index (χ0v) is 16.5. The van der Waals surface area contributed by atoms with Crippen LogP contribution >= 0.6 is 24.0 Å². The molecule has 1 saturated heterocycles. The number of carboxylic acids is 2. The maximum atomic E-state index is 12.9. The molecule has 9 heteroatoms. The molecule has 2 aromatic carbocycles. The Morgan fingerprint density at radius 3 is 2.52 bits per heavy atom. The summed E-state index contributed by atoms with van der Waals surface area (Å²) >= 11 is 6.29. The lowest BCUT2D eigenvalue weighted by Crippen LogP contribution is -2.37. The molecule has 1 amide bonds. The number of ether oxygens (including phenoxy) is 1. The molecule has 0 bridgehead atoms. The van der Waals surface area contributed by atoms with Crippen LogP contribution in [0.5, 0.6) is 5.75 Å². The molecule has 2 N–H and O–H groups in total. The van der Waals surface area contributed by atoms with Gasteiger partial charge in [-0.3, -0.25) is 9.69 Å². The van der Waals surface area contributed by atoms with E-state index in [0.717, 1.165) is 16.7 Å². The number of carboxylic acid groups (broad SMARTS) is 2. The second-order valence-electron chi connectivity index (χ2n) is 5.96. The molecule has 2 aromatic rings. The zero-order chi connectivity index (χ0) is 21.0. The average molecular weight is 429 g/mol. The minimum atomic E-state index is -1.22.